The molecule has 0 nitrogen and oxygen atoms in total. The molecule has 0 aromatic heterocycles. The number of hydrogen-bond donors (Lipinski definition) is 0. The van der Waals surface area contributed by atoms with Gasteiger partial charge in [-0.1, -0.05) is 107 Å². The molecule has 0 amide bonds. The van der Waals surface area contributed by atoms with Gasteiger partial charge in [0.15, 0.2) is 0 Å². The van der Waals surface area contributed by atoms with E-state index >= 15 is 0 Å². The van der Waals surface area contributed by atoms with Crippen LogP contribution in [0.15, 0.2) is 97.1 Å². The van der Waals surface area contributed by atoms with Gasteiger partial charge in [0.05, 0.1) is 0 Å². The fourth-order valence-electron chi connectivity index (χ4n) is 7.34. The van der Waals surface area contributed by atoms with E-state index in [-0.39, 0.29) is 10.8 Å². The number of benzene rings is 6. The molecule has 0 bridgehead atoms. The Morgan fingerprint density at radius 2 is 1.00 bits per heavy atom. The zero-order chi connectivity index (χ0) is 24.4. The molecule has 0 saturated carbocycles. The van der Waals surface area contributed by atoms with Crippen LogP contribution in [0.2, 0.25) is 0 Å². The van der Waals surface area contributed by atoms with E-state index in [2.05, 4.69) is 125 Å². The molecule has 0 heterocycles. The minimum atomic E-state index is -0.0773. The van der Waals surface area contributed by atoms with E-state index in [0.717, 1.165) is 0 Å². The van der Waals surface area contributed by atoms with Crippen molar-refractivity contribution in [2.24, 2.45) is 0 Å². The predicted molar refractivity (Wildman–Crippen MR) is 154 cm³/mol. The molecule has 0 spiro atoms. The van der Waals surface area contributed by atoms with Crippen molar-refractivity contribution in [3.8, 4) is 22.3 Å². The lowest BCUT2D eigenvalue weighted by molar-refractivity contribution is 0.640. The molecular formula is C36H28. The topological polar surface area (TPSA) is 0 Å². The zero-order valence-corrected chi connectivity index (χ0v) is 21.2. The van der Waals surface area contributed by atoms with Crippen molar-refractivity contribution >= 4 is 32.3 Å². The first-order valence-corrected chi connectivity index (χ1v) is 13.0. The summed E-state index contributed by atoms with van der Waals surface area (Å²) in [5.41, 5.74) is 11.4. The molecular weight excluding hydrogens is 432 g/mol. The highest BCUT2D eigenvalue weighted by Gasteiger charge is 2.44. The number of hydrogen-bond acceptors (Lipinski definition) is 0. The standard InChI is InChI=1S/C36H28/c1-35(2)27-15-9-12-21-16-17-28-34(32(21)27)33-29(35)19-24(20-30(33)36(28,3)4)31-25-13-7-5-10-22(25)18-23-11-6-8-14-26(23)31/h5-20H,1-4H3. The smallest absolute Gasteiger partial charge is 0.0159 e. The molecule has 6 aromatic rings. The highest BCUT2D eigenvalue weighted by atomic mass is 14.5. The van der Waals surface area contributed by atoms with Crippen molar-refractivity contribution in [1.82, 2.24) is 0 Å². The van der Waals surface area contributed by atoms with Gasteiger partial charge in [0.2, 0.25) is 0 Å². The van der Waals surface area contributed by atoms with Crippen LogP contribution in [0.5, 0.6) is 0 Å². The molecule has 0 saturated heterocycles. The molecule has 36 heavy (non-hydrogen) atoms. The quantitative estimate of drug-likeness (QED) is 0.214. The molecule has 6 aromatic carbocycles. The van der Waals surface area contributed by atoms with Crippen LogP contribution in [0.4, 0.5) is 0 Å². The average Bonchev–Trinajstić information content (AvgIpc) is 3.12. The summed E-state index contributed by atoms with van der Waals surface area (Å²) in [6, 6.07) is 36.7. The maximum Gasteiger partial charge on any atom is 0.0159 e. The van der Waals surface area contributed by atoms with E-state index in [9.17, 15) is 0 Å². The van der Waals surface area contributed by atoms with Crippen molar-refractivity contribution in [1.29, 1.82) is 0 Å². The van der Waals surface area contributed by atoms with Crippen molar-refractivity contribution in [2.45, 2.75) is 38.5 Å². The van der Waals surface area contributed by atoms with Gasteiger partial charge in [-0.3, -0.25) is 0 Å². The Hall–Kier alpha value is -3.90. The number of fused-ring (bicyclic) bond motifs is 2. The Bertz CT molecular complexity index is 1880. The number of rotatable bonds is 1. The lowest BCUT2D eigenvalue weighted by atomic mass is 9.68. The Morgan fingerprint density at radius 3 is 1.67 bits per heavy atom. The Kier molecular flexibility index (Phi) is 3.64. The largest absolute Gasteiger partial charge is 0.0616 e. The Morgan fingerprint density at radius 1 is 0.417 bits per heavy atom. The third-order valence-corrected chi connectivity index (χ3v) is 9.19. The van der Waals surface area contributed by atoms with Crippen LogP contribution in [-0.4, -0.2) is 0 Å². The first-order valence-electron chi connectivity index (χ1n) is 13.0. The highest BCUT2D eigenvalue weighted by Crippen LogP contribution is 2.60. The fourth-order valence-corrected chi connectivity index (χ4v) is 7.34. The minimum Gasteiger partial charge on any atom is -0.0616 e. The Labute approximate surface area is 212 Å². The van der Waals surface area contributed by atoms with E-state index < -0.39 is 0 Å². The van der Waals surface area contributed by atoms with Crippen molar-refractivity contribution in [3.63, 3.8) is 0 Å². The van der Waals surface area contributed by atoms with Crippen LogP contribution in [0.1, 0.15) is 49.9 Å². The molecule has 8 rings (SSSR count). The summed E-state index contributed by atoms with van der Waals surface area (Å²) >= 11 is 0. The normalized spacial score (nSPS) is 16.2. The van der Waals surface area contributed by atoms with Crippen LogP contribution < -0.4 is 0 Å². The summed E-state index contributed by atoms with van der Waals surface area (Å²) in [4.78, 5) is 0. The minimum absolute atomic E-state index is 0.0441. The summed E-state index contributed by atoms with van der Waals surface area (Å²) < 4.78 is 0. The first-order chi connectivity index (χ1) is 17.4. The maximum atomic E-state index is 2.52. The molecule has 172 valence electrons. The predicted octanol–water partition coefficient (Wildman–Crippen LogP) is 9.76. The van der Waals surface area contributed by atoms with Crippen molar-refractivity contribution < 1.29 is 0 Å². The second-order valence-corrected chi connectivity index (χ2v) is 11.8. The summed E-state index contributed by atoms with van der Waals surface area (Å²) in [7, 11) is 0. The highest BCUT2D eigenvalue weighted by molar-refractivity contribution is 6.14. The van der Waals surface area contributed by atoms with Crippen molar-refractivity contribution in [2.75, 3.05) is 0 Å². The monoisotopic (exact) mass is 460 g/mol. The summed E-state index contributed by atoms with van der Waals surface area (Å²) in [5, 5.41) is 8.07. The molecule has 0 atom stereocenters. The molecule has 0 fully saturated rings. The summed E-state index contributed by atoms with van der Waals surface area (Å²) in [5.74, 6) is 0. The molecule has 0 N–H and O–H groups in total. The molecule has 0 unspecified atom stereocenters. The van der Waals surface area contributed by atoms with Crippen LogP contribution in [0.3, 0.4) is 0 Å². The van der Waals surface area contributed by atoms with E-state index in [0.29, 0.717) is 0 Å². The van der Waals surface area contributed by atoms with Gasteiger partial charge in [-0.05, 0) is 95.0 Å². The molecule has 0 heteroatoms. The fraction of sp³-hybridized carbons (Fsp3) is 0.167. The first kappa shape index (κ1) is 20.3. The van der Waals surface area contributed by atoms with Gasteiger partial charge in [-0.2, -0.15) is 0 Å². The SMILES string of the molecule is CC1(C)c2cc(-c3c4ccccc4cc4ccccc34)cc3c2-c2c1ccc1cccc(c21)C3(C)C. The van der Waals surface area contributed by atoms with Crippen LogP contribution in [0.25, 0.3) is 54.6 Å². The third-order valence-electron chi connectivity index (χ3n) is 9.19. The summed E-state index contributed by atoms with van der Waals surface area (Å²) in [6.07, 6.45) is 0. The van der Waals surface area contributed by atoms with Gasteiger partial charge < -0.3 is 0 Å². The molecule has 2 aliphatic rings. The van der Waals surface area contributed by atoms with E-state index in [1.807, 2.05) is 0 Å². The second kappa shape index (κ2) is 6.45. The van der Waals surface area contributed by atoms with Crippen molar-refractivity contribution in [3.05, 3.63) is 119 Å². The van der Waals surface area contributed by atoms with Gasteiger partial charge in [-0.15, -0.1) is 0 Å². The second-order valence-electron chi connectivity index (χ2n) is 11.8. The van der Waals surface area contributed by atoms with Crippen LogP contribution in [0, 0.1) is 0 Å². The van der Waals surface area contributed by atoms with E-state index in [1.165, 1.54) is 76.8 Å². The Balaban J connectivity index is 1.57. The van der Waals surface area contributed by atoms with Gasteiger partial charge in [0.1, 0.15) is 0 Å². The molecule has 0 aliphatic heterocycles. The van der Waals surface area contributed by atoms with Crippen LogP contribution >= 0.6 is 0 Å². The van der Waals surface area contributed by atoms with Gasteiger partial charge in [-0.25, -0.2) is 0 Å². The van der Waals surface area contributed by atoms with Gasteiger partial charge in [0.25, 0.3) is 0 Å². The molecule has 0 radical (unpaired) electrons. The van der Waals surface area contributed by atoms with Gasteiger partial charge >= 0.3 is 0 Å². The zero-order valence-electron chi connectivity index (χ0n) is 21.2. The average molecular weight is 461 g/mol. The van der Waals surface area contributed by atoms with E-state index in [1.54, 1.807) is 0 Å². The van der Waals surface area contributed by atoms with E-state index in [4.69, 9.17) is 0 Å². The van der Waals surface area contributed by atoms with Crippen LogP contribution in [-0.2, 0) is 10.8 Å². The lowest BCUT2D eigenvalue weighted by Gasteiger charge is -2.35. The third kappa shape index (κ3) is 2.31. The van der Waals surface area contributed by atoms with Gasteiger partial charge in [0, 0.05) is 10.8 Å². The molecule has 2 aliphatic carbocycles. The summed E-state index contributed by atoms with van der Waals surface area (Å²) in [6.45, 7) is 9.67. The maximum absolute atomic E-state index is 2.52. The lowest BCUT2D eigenvalue weighted by Crippen LogP contribution is -2.24.